The summed E-state index contributed by atoms with van der Waals surface area (Å²) in [6.45, 7) is 14.5. The van der Waals surface area contributed by atoms with E-state index in [2.05, 4.69) is 27.7 Å². The molecule has 1 nitrogen and oxygen atoms in total. The first-order valence-electron chi connectivity index (χ1n) is 5.15. The van der Waals surface area contributed by atoms with Gasteiger partial charge in [0.05, 0.1) is 0 Å². The first kappa shape index (κ1) is 12.7. The molecule has 0 radical (unpaired) electrons. The smallest absolute Gasteiger partial charge is 0.141 e. The molecule has 13 heavy (non-hydrogen) atoms. The van der Waals surface area contributed by atoms with Crippen LogP contribution in [0.5, 0.6) is 0 Å². The highest BCUT2D eigenvalue weighted by molar-refractivity contribution is 5.86. The molecule has 0 aromatic carbocycles. The molecule has 0 N–H and O–H groups in total. The molecule has 0 aliphatic carbocycles. The average molecular weight is 184 g/mol. The van der Waals surface area contributed by atoms with Gasteiger partial charge in [-0.05, 0) is 11.8 Å². The molecule has 0 fully saturated rings. The van der Waals surface area contributed by atoms with E-state index in [0.717, 1.165) is 6.42 Å². The van der Waals surface area contributed by atoms with Crippen LogP contribution in [0.1, 0.15) is 54.9 Å². The maximum absolute atomic E-state index is 12.0. The van der Waals surface area contributed by atoms with Gasteiger partial charge in [0.2, 0.25) is 0 Å². The SMILES string of the molecule is CCC(C(=O)C(C)(C)C)C(C)(C)C. The van der Waals surface area contributed by atoms with Crippen molar-refractivity contribution in [1.29, 1.82) is 0 Å². The molecule has 0 amide bonds. The van der Waals surface area contributed by atoms with Crippen molar-refractivity contribution in [3.05, 3.63) is 0 Å². The van der Waals surface area contributed by atoms with Crippen molar-refractivity contribution in [2.24, 2.45) is 16.7 Å². The average Bonchev–Trinajstić information content (AvgIpc) is 1.83. The number of ketones is 1. The zero-order valence-corrected chi connectivity index (χ0v) is 10.2. The minimum absolute atomic E-state index is 0.0963. The van der Waals surface area contributed by atoms with E-state index in [-0.39, 0.29) is 16.7 Å². The first-order valence-corrected chi connectivity index (χ1v) is 5.15. The molecule has 0 saturated heterocycles. The highest BCUT2D eigenvalue weighted by Gasteiger charge is 2.35. The summed E-state index contributed by atoms with van der Waals surface area (Å²) >= 11 is 0. The number of hydrogen-bond acceptors (Lipinski definition) is 1. The molecule has 0 saturated carbocycles. The number of carbonyl (C=O) groups is 1. The highest BCUT2D eigenvalue weighted by Crippen LogP contribution is 2.34. The van der Waals surface area contributed by atoms with Crippen LogP contribution >= 0.6 is 0 Å². The number of rotatable bonds is 2. The third kappa shape index (κ3) is 3.50. The van der Waals surface area contributed by atoms with E-state index in [1.807, 2.05) is 20.8 Å². The van der Waals surface area contributed by atoms with Crippen LogP contribution in [-0.4, -0.2) is 5.78 Å². The summed E-state index contributed by atoms with van der Waals surface area (Å²) in [4.78, 5) is 12.0. The van der Waals surface area contributed by atoms with E-state index in [4.69, 9.17) is 0 Å². The zero-order valence-electron chi connectivity index (χ0n) is 10.2. The Kier molecular flexibility index (Phi) is 3.71. The molecular weight excluding hydrogens is 160 g/mol. The third-order valence-corrected chi connectivity index (χ3v) is 2.51. The van der Waals surface area contributed by atoms with Crippen LogP contribution < -0.4 is 0 Å². The standard InChI is InChI=1S/C12H24O/c1-8-9(11(2,3)4)10(13)12(5,6)7/h9H,8H2,1-7H3. The molecule has 1 atom stereocenters. The van der Waals surface area contributed by atoms with E-state index in [0.29, 0.717) is 5.78 Å². The van der Waals surface area contributed by atoms with Crippen molar-refractivity contribution in [3.8, 4) is 0 Å². The van der Waals surface area contributed by atoms with Gasteiger partial charge in [-0.15, -0.1) is 0 Å². The van der Waals surface area contributed by atoms with Crippen LogP contribution in [0.15, 0.2) is 0 Å². The summed E-state index contributed by atoms with van der Waals surface area (Å²) in [5.41, 5.74) is -0.104. The van der Waals surface area contributed by atoms with Crippen molar-refractivity contribution >= 4 is 5.78 Å². The normalized spacial score (nSPS) is 15.6. The van der Waals surface area contributed by atoms with Crippen molar-refractivity contribution in [2.45, 2.75) is 54.9 Å². The van der Waals surface area contributed by atoms with Crippen LogP contribution in [0.25, 0.3) is 0 Å². The molecule has 0 aliphatic rings. The van der Waals surface area contributed by atoms with Gasteiger partial charge in [-0.2, -0.15) is 0 Å². The minimum Gasteiger partial charge on any atom is -0.299 e. The molecule has 0 heterocycles. The number of carbonyl (C=O) groups excluding carboxylic acids is 1. The van der Waals surface area contributed by atoms with Crippen LogP contribution in [-0.2, 0) is 4.79 Å². The van der Waals surface area contributed by atoms with Gasteiger partial charge in [-0.1, -0.05) is 48.5 Å². The van der Waals surface area contributed by atoms with E-state index < -0.39 is 0 Å². The number of Topliss-reactive ketones (excluding diaryl/α,β-unsaturated/α-hetero) is 1. The van der Waals surface area contributed by atoms with Gasteiger partial charge >= 0.3 is 0 Å². The monoisotopic (exact) mass is 184 g/mol. The largest absolute Gasteiger partial charge is 0.299 e. The van der Waals surface area contributed by atoms with E-state index in [1.165, 1.54) is 0 Å². The Balaban J connectivity index is 4.72. The summed E-state index contributed by atoms with van der Waals surface area (Å²) in [5.74, 6) is 0.579. The van der Waals surface area contributed by atoms with E-state index in [9.17, 15) is 4.79 Å². The molecule has 1 unspecified atom stereocenters. The van der Waals surface area contributed by atoms with Crippen LogP contribution in [0.4, 0.5) is 0 Å². The predicted octanol–water partition coefficient (Wildman–Crippen LogP) is 3.67. The van der Waals surface area contributed by atoms with Gasteiger partial charge in [-0.25, -0.2) is 0 Å². The lowest BCUT2D eigenvalue weighted by Crippen LogP contribution is -2.35. The van der Waals surface area contributed by atoms with Gasteiger partial charge in [0.15, 0.2) is 0 Å². The Morgan fingerprint density at radius 1 is 1.08 bits per heavy atom. The Morgan fingerprint density at radius 2 is 1.46 bits per heavy atom. The summed E-state index contributed by atoms with van der Waals surface area (Å²) in [7, 11) is 0. The van der Waals surface area contributed by atoms with Crippen molar-refractivity contribution in [1.82, 2.24) is 0 Å². The molecule has 0 aromatic heterocycles. The second-order valence-corrected chi connectivity index (χ2v) is 5.94. The van der Waals surface area contributed by atoms with Crippen molar-refractivity contribution < 1.29 is 4.79 Å². The van der Waals surface area contributed by atoms with Gasteiger partial charge in [-0.3, -0.25) is 4.79 Å². The maximum Gasteiger partial charge on any atom is 0.141 e. The fourth-order valence-electron chi connectivity index (χ4n) is 1.71. The summed E-state index contributed by atoms with van der Waals surface area (Å²) in [5, 5.41) is 0. The van der Waals surface area contributed by atoms with Crippen LogP contribution in [0.2, 0.25) is 0 Å². The van der Waals surface area contributed by atoms with E-state index in [1.54, 1.807) is 0 Å². The lowest BCUT2D eigenvalue weighted by molar-refractivity contribution is -0.133. The molecule has 0 aromatic rings. The second-order valence-electron chi connectivity index (χ2n) is 5.94. The highest BCUT2D eigenvalue weighted by atomic mass is 16.1. The van der Waals surface area contributed by atoms with Gasteiger partial charge in [0.25, 0.3) is 0 Å². The molecule has 1 heteroatoms. The lowest BCUT2D eigenvalue weighted by Gasteiger charge is -2.33. The fraction of sp³-hybridized carbons (Fsp3) is 0.917. The van der Waals surface area contributed by atoms with Crippen molar-refractivity contribution in [2.75, 3.05) is 0 Å². The zero-order chi connectivity index (χ0) is 10.9. The van der Waals surface area contributed by atoms with Crippen LogP contribution in [0, 0.1) is 16.7 Å². The van der Waals surface area contributed by atoms with E-state index >= 15 is 0 Å². The summed E-state index contributed by atoms with van der Waals surface area (Å²) in [6.07, 6.45) is 0.944. The molecule has 78 valence electrons. The third-order valence-electron chi connectivity index (χ3n) is 2.51. The molecular formula is C12H24O. The molecule has 0 aliphatic heterocycles. The predicted molar refractivity (Wildman–Crippen MR) is 57.7 cm³/mol. The minimum atomic E-state index is -0.200. The topological polar surface area (TPSA) is 17.1 Å². The Labute approximate surface area is 82.9 Å². The van der Waals surface area contributed by atoms with Gasteiger partial charge in [0.1, 0.15) is 5.78 Å². The summed E-state index contributed by atoms with van der Waals surface area (Å²) in [6, 6.07) is 0. The molecule has 0 bridgehead atoms. The quantitative estimate of drug-likeness (QED) is 0.640. The lowest BCUT2D eigenvalue weighted by atomic mass is 9.70. The number of hydrogen-bond donors (Lipinski definition) is 0. The summed E-state index contributed by atoms with van der Waals surface area (Å²) < 4.78 is 0. The Bertz CT molecular complexity index is 178. The Hall–Kier alpha value is -0.330. The molecule has 0 rings (SSSR count). The van der Waals surface area contributed by atoms with Crippen molar-refractivity contribution in [3.63, 3.8) is 0 Å². The second kappa shape index (κ2) is 3.81. The fourth-order valence-corrected chi connectivity index (χ4v) is 1.71. The maximum atomic E-state index is 12.0. The van der Waals surface area contributed by atoms with Gasteiger partial charge in [0, 0.05) is 11.3 Å². The Morgan fingerprint density at radius 3 is 1.54 bits per heavy atom. The van der Waals surface area contributed by atoms with Crippen LogP contribution in [0.3, 0.4) is 0 Å². The van der Waals surface area contributed by atoms with Gasteiger partial charge < -0.3 is 0 Å². The molecule has 0 spiro atoms. The first-order chi connectivity index (χ1) is 5.60.